The number of rotatable bonds is 6. The van der Waals surface area contributed by atoms with Crippen LogP contribution in [0.25, 0.3) is 22.2 Å². The van der Waals surface area contributed by atoms with E-state index in [1.54, 1.807) is 19.1 Å². The van der Waals surface area contributed by atoms with Crippen molar-refractivity contribution < 1.29 is 18.4 Å². The van der Waals surface area contributed by atoms with Gasteiger partial charge in [-0.25, -0.2) is 19.2 Å². The second-order valence-corrected chi connectivity index (χ2v) is 9.11. The lowest BCUT2D eigenvalue weighted by molar-refractivity contribution is 0.0526. The van der Waals surface area contributed by atoms with Gasteiger partial charge < -0.3 is 14.2 Å². The van der Waals surface area contributed by atoms with E-state index in [0.717, 1.165) is 18.7 Å². The zero-order valence-electron chi connectivity index (χ0n) is 20.4. The minimum Gasteiger partial charge on any atom is -0.462 e. The van der Waals surface area contributed by atoms with Gasteiger partial charge in [0.1, 0.15) is 18.0 Å². The van der Waals surface area contributed by atoms with Gasteiger partial charge in [0.15, 0.2) is 5.82 Å². The lowest BCUT2D eigenvalue weighted by atomic mass is 9.96. The fourth-order valence-electron chi connectivity index (χ4n) is 4.44. The molecule has 1 aliphatic heterocycles. The lowest BCUT2D eigenvalue weighted by Crippen LogP contribution is -2.33. The quantitative estimate of drug-likeness (QED) is 0.349. The summed E-state index contributed by atoms with van der Waals surface area (Å²) >= 11 is 0. The summed E-state index contributed by atoms with van der Waals surface area (Å²) in [7, 11) is 0. The SMILES string of the molecule is CCOC(=O)c1ccc(-c2cc(F)cc3c(N4CCC(c5nc(C(C)C)no5)CC4)ncnc23)nc1. The Balaban J connectivity index is 1.41. The third-order valence-electron chi connectivity index (χ3n) is 6.35. The first-order valence-electron chi connectivity index (χ1n) is 12.1. The molecule has 9 nitrogen and oxygen atoms in total. The van der Waals surface area contributed by atoms with Gasteiger partial charge in [0.2, 0.25) is 5.89 Å². The van der Waals surface area contributed by atoms with Crippen LogP contribution >= 0.6 is 0 Å². The molecule has 1 aliphatic rings. The van der Waals surface area contributed by atoms with Crippen LogP contribution in [-0.2, 0) is 4.74 Å². The molecule has 5 rings (SSSR count). The Morgan fingerprint density at radius 1 is 1.19 bits per heavy atom. The lowest BCUT2D eigenvalue weighted by Gasteiger charge is -2.32. The van der Waals surface area contributed by atoms with Crippen LogP contribution in [0.1, 0.15) is 67.5 Å². The molecule has 0 aliphatic carbocycles. The molecule has 1 saturated heterocycles. The maximum absolute atomic E-state index is 14.8. The highest BCUT2D eigenvalue weighted by Gasteiger charge is 2.27. The third-order valence-corrected chi connectivity index (χ3v) is 6.35. The highest BCUT2D eigenvalue weighted by atomic mass is 19.1. The van der Waals surface area contributed by atoms with Gasteiger partial charge in [0.05, 0.1) is 23.4 Å². The number of hydrogen-bond acceptors (Lipinski definition) is 9. The molecule has 4 heterocycles. The van der Waals surface area contributed by atoms with Crippen molar-refractivity contribution in [3.63, 3.8) is 0 Å². The number of benzene rings is 1. The van der Waals surface area contributed by atoms with Crippen molar-refractivity contribution in [2.45, 2.75) is 45.4 Å². The van der Waals surface area contributed by atoms with Gasteiger partial charge in [0.25, 0.3) is 0 Å². The Morgan fingerprint density at radius 3 is 2.67 bits per heavy atom. The summed E-state index contributed by atoms with van der Waals surface area (Å²) in [5, 5.41) is 4.70. The molecule has 0 saturated carbocycles. The van der Waals surface area contributed by atoms with E-state index in [4.69, 9.17) is 9.26 Å². The average molecular weight is 491 g/mol. The zero-order chi connectivity index (χ0) is 25.2. The van der Waals surface area contributed by atoms with E-state index in [2.05, 4.69) is 30.0 Å². The third kappa shape index (κ3) is 4.62. The highest BCUT2D eigenvalue weighted by molar-refractivity contribution is 5.99. The van der Waals surface area contributed by atoms with Crippen molar-refractivity contribution in [3.8, 4) is 11.3 Å². The number of fused-ring (bicyclic) bond motifs is 1. The number of anilines is 1. The second kappa shape index (κ2) is 9.96. The van der Waals surface area contributed by atoms with Crippen LogP contribution < -0.4 is 4.90 Å². The van der Waals surface area contributed by atoms with Gasteiger partial charge in [0, 0.05) is 42.1 Å². The molecule has 10 heteroatoms. The van der Waals surface area contributed by atoms with E-state index >= 15 is 0 Å². The minimum absolute atomic E-state index is 0.184. The van der Waals surface area contributed by atoms with Crippen molar-refractivity contribution in [2.75, 3.05) is 24.6 Å². The molecule has 1 fully saturated rings. The fraction of sp³-hybridized carbons (Fsp3) is 0.385. The Morgan fingerprint density at radius 2 is 2.00 bits per heavy atom. The maximum Gasteiger partial charge on any atom is 0.339 e. The molecule has 0 spiro atoms. The van der Waals surface area contributed by atoms with Crippen LogP contribution in [0.4, 0.5) is 10.2 Å². The number of esters is 1. The van der Waals surface area contributed by atoms with Crippen molar-refractivity contribution in [2.24, 2.45) is 0 Å². The smallest absolute Gasteiger partial charge is 0.339 e. The molecule has 0 N–H and O–H groups in total. The van der Waals surface area contributed by atoms with E-state index in [0.29, 0.717) is 52.5 Å². The van der Waals surface area contributed by atoms with E-state index < -0.39 is 11.8 Å². The monoisotopic (exact) mass is 490 g/mol. The number of halogens is 1. The Bertz CT molecular complexity index is 1380. The number of pyridine rings is 1. The number of hydrogen-bond donors (Lipinski definition) is 0. The van der Waals surface area contributed by atoms with Crippen LogP contribution in [0.3, 0.4) is 0 Å². The van der Waals surface area contributed by atoms with Crippen molar-refractivity contribution in [1.29, 1.82) is 0 Å². The van der Waals surface area contributed by atoms with Crippen LogP contribution in [0, 0.1) is 5.82 Å². The summed E-state index contributed by atoms with van der Waals surface area (Å²) in [5.41, 5.74) is 1.97. The van der Waals surface area contributed by atoms with E-state index in [1.807, 2.05) is 13.8 Å². The van der Waals surface area contributed by atoms with Gasteiger partial charge >= 0.3 is 5.97 Å². The zero-order valence-corrected chi connectivity index (χ0v) is 20.4. The van der Waals surface area contributed by atoms with Crippen LogP contribution in [0.15, 0.2) is 41.3 Å². The molecule has 36 heavy (non-hydrogen) atoms. The normalized spacial score (nSPS) is 14.5. The predicted octanol–water partition coefficient (Wildman–Crippen LogP) is 4.90. The molecular formula is C26H27FN6O3. The van der Waals surface area contributed by atoms with Crippen LogP contribution in [0.2, 0.25) is 0 Å². The summed E-state index contributed by atoms with van der Waals surface area (Å²) in [6.07, 6.45) is 4.57. The van der Waals surface area contributed by atoms with E-state index in [1.165, 1.54) is 24.7 Å². The first-order chi connectivity index (χ1) is 17.4. The molecule has 0 radical (unpaired) electrons. The minimum atomic E-state index is -0.449. The standard InChI is InChI=1S/C26H27FN6O3/c1-4-35-26(34)17-5-6-21(28-13-17)19-11-18(27)12-20-22(19)29-14-30-24(20)33-9-7-16(8-10-33)25-31-23(15(2)3)32-36-25/h5-6,11-16H,4,7-10H2,1-3H3. The summed E-state index contributed by atoms with van der Waals surface area (Å²) in [6.45, 7) is 7.53. The van der Waals surface area contributed by atoms with Crippen molar-refractivity contribution in [3.05, 3.63) is 59.9 Å². The number of carbonyl (C=O) groups excluding carboxylic acids is 1. The number of carbonyl (C=O) groups is 1. The molecule has 4 aromatic rings. The van der Waals surface area contributed by atoms with Gasteiger partial charge in [-0.15, -0.1) is 0 Å². The summed E-state index contributed by atoms with van der Waals surface area (Å²) in [4.78, 5) is 32.0. The molecule has 0 unspecified atom stereocenters. The van der Waals surface area contributed by atoms with Gasteiger partial charge in [-0.1, -0.05) is 19.0 Å². The first-order valence-corrected chi connectivity index (χ1v) is 12.1. The number of ether oxygens (including phenoxy) is 1. The Kier molecular flexibility index (Phi) is 6.58. The molecule has 0 bridgehead atoms. The van der Waals surface area contributed by atoms with Gasteiger partial charge in [-0.2, -0.15) is 4.98 Å². The molecule has 186 valence electrons. The van der Waals surface area contributed by atoms with Crippen LogP contribution in [0.5, 0.6) is 0 Å². The predicted molar refractivity (Wildman–Crippen MR) is 131 cm³/mol. The number of nitrogens with zero attached hydrogens (tertiary/aromatic N) is 6. The average Bonchev–Trinajstić information content (AvgIpc) is 3.39. The summed E-state index contributed by atoms with van der Waals surface area (Å²) < 4.78 is 25.3. The molecule has 0 amide bonds. The second-order valence-electron chi connectivity index (χ2n) is 9.11. The Hall–Kier alpha value is -3.95. The van der Waals surface area contributed by atoms with Gasteiger partial charge in [-0.3, -0.25) is 4.98 Å². The van der Waals surface area contributed by atoms with Crippen LogP contribution in [-0.4, -0.2) is 50.8 Å². The van der Waals surface area contributed by atoms with Crippen molar-refractivity contribution in [1.82, 2.24) is 25.1 Å². The summed E-state index contributed by atoms with van der Waals surface area (Å²) in [5.74, 6) is 1.62. The molecular weight excluding hydrogens is 463 g/mol. The van der Waals surface area contributed by atoms with Crippen molar-refractivity contribution >= 4 is 22.7 Å². The number of piperidine rings is 1. The Labute approximate surface area is 207 Å². The highest BCUT2D eigenvalue weighted by Crippen LogP contribution is 2.35. The van der Waals surface area contributed by atoms with Gasteiger partial charge in [-0.05, 0) is 44.0 Å². The summed E-state index contributed by atoms with van der Waals surface area (Å²) in [6, 6.07) is 6.15. The van der Waals surface area contributed by atoms with E-state index in [-0.39, 0.29) is 18.4 Å². The number of aromatic nitrogens is 5. The molecule has 0 atom stereocenters. The largest absolute Gasteiger partial charge is 0.462 e. The topological polar surface area (TPSA) is 107 Å². The first kappa shape index (κ1) is 23.8. The molecule has 3 aromatic heterocycles. The maximum atomic E-state index is 14.8. The van der Waals surface area contributed by atoms with E-state index in [9.17, 15) is 9.18 Å². The molecule has 1 aromatic carbocycles. The fourth-order valence-corrected chi connectivity index (χ4v) is 4.44.